The molecular weight excluding hydrogens is 373 g/mol. The van der Waals surface area contributed by atoms with Gasteiger partial charge in [0.25, 0.3) is 0 Å². The molecule has 0 aliphatic carbocycles. The van der Waals surface area contributed by atoms with Crippen molar-refractivity contribution < 1.29 is 0 Å². The van der Waals surface area contributed by atoms with Crippen LogP contribution in [-0.2, 0) is 5.88 Å². The Morgan fingerprint density at radius 2 is 2.05 bits per heavy atom. The normalized spacial score (nSPS) is 10.8. The summed E-state index contributed by atoms with van der Waals surface area (Å²) < 4.78 is 2.81. The molecule has 6 heteroatoms. The van der Waals surface area contributed by atoms with Crippen molar-refractivity contribution in [2.45, 2.75) is 5.88 Å². The van der Waals surface area contributed by atoms with Crippen LogP contribution in [0.5, 0.6) is 0 Å². The molecule has 3 aromatic rings. The Kier molecular flexibility index (Phi) is 3.90. The van der Waals surface area contributed by atoms with E-state index in [9.17, 15) is 5.26 Å². The van der Waals surface area contributed by atoms with E-state index >= 15 is 0 Å². The van der Waals surface area contributed by atoms with Gasteiger partial charge in [-0.25, -0.2) is 4.98 Å². The molecule has 21 heavy (non-hydrogen) atoms. The van der Waals surface area contributed by atoms with Gasteiger partial charge < -0.3 is 0 Å². The predicted octanol–water partition coefficient (Wildman–Crippen LogP) is 5.05. The highest BCUT2D eigenvalue weighted by atomic mass is 79.9. The summed E-state index contributed by atoms with van der Waals surface area (Å²) in [5.41, 5.74) is 2.90. The van der Waals surface area contributed by atoms with Gasteiger partial charge >= 0.3 is 0 Å². The average molecular weight is 381 g/mol. The second-order valence-electron chi connectivity index (χ2n) is 4.40. The van der Waals surface area contributed by atoms with Gasteiger partial charge in [-0.1, -0.05) is 27.5 Å². The van der Waals surface area contributed by atoms with Gasteiger partial charge in [-0.15, -0.1) is 11.6 Å². The highest BCUT2D eigenvalue weighted by molar-refractivity contribution is 9.10. The number of nitrogens with zero attached hydrogens (tertiary/aromatic N) is 3. The van der Waals surface area contributed by atoms with E-state index in [-0.39, 0.29) is 5.88 Å². The van der Waals surface area contributed by atoms with Crippen LogP contribution in [0.4, 0.5) is 0 Å². The number of imidazole rings is 1. The smallest absolute Gasteiger partial charge is 0.129 e. The third-order valence-corrected chi connectivity index (χ3v) is 4.09. The molecular formula is C15H8BrCl2N3. The first-order valence-electron chi connectivity index (χ1n) is 6.07. The number of hydrogen-bond acceptors (Lipinski definition) is 2. The number of hydrogen-bond donors (Lipinski definition) is 0. The van der Waals surface area contributed by atoms with Crippen molar-refractivity contribution in [3.63, 3.8) is 0 Å². The highest BCUT2D eigenvalue weighted by Gasteiger charge is 2.15. The summed E-state index contributed by atoms with van der Waals surface area (Å²) in [4.78, 5) is 4.52. The minimum absolute atomic E-state index is 0.240. The fraction of sp³-hybridized carbons (Fsp3) is 0.0667. The number of rotatable bonds is 2. The summed E-state index contributed by atoms with van der Waals surface area (Å²) in [6.45, 7) is 0. The molecule has 0 saturated carbocycles. The molecule has 104 valence electrons. The lowest BCUT2D eigenvalue weighted by atomic mass is 10.2. The van der Waals surface area contributed by atoms with Gasteiger partial charge in [-0.2, -0.15) is 5.26 Å². The summed E-state index contributed by atoms with van der Waals surface area (Å²) in [6.07, 6.45) is 0. The van der Waals surface area contributed by atoms with Gasteiger partial charge in [-0.3, -0.25) is 4.57 Å². The molecule has 0 radical (unpaired) electrons. The first-order chi connectivity index (χ1) is 10.1. The van der Waals surface area contributed by atoms with Crippen molar-refractivity contribution in [2.24, 2.45) is 0 Å². The summed E-state index contributed by atoms with van der Waals surface area (Å²) in [5.74, 6) is 0.910. The second-order valence-corrected chi connectivity index (χ2v) is 6.02. The van der Waals surface area contributed by atoms with Crippen molar-refractivity contribution in [2.75, 3.05) is 0 Å². The quantitative estimate of drug-likeness (QED) is 0.583. The monoisotopic (exact) mass is 379 g/mol. The molecule has 0 bridgehead atoms. The second kappa shape index (κ2) is 5.69. The first kappa shape index (κ1) is 14.4. The summed E-state index contributed by atoms with van der Waals surface area (Å²) >= 11 is 15.5. The van der Waals surface area contributed by atoms with E-state index < -0.39 is 0 Å². The number of halogens is 3. The van der Waals surface area contributed by atoms with Crippen LogP contribution in [0.2, 0.25) is 5.02 Å². The van der Waals surface area contributed by atoms with E-state index in [0.29, 0.717) is 22.1 Å². The first-order valence-corrected chi connectivity index (χ1v) is 7.77. The van der Waals surface area contributed by atoms with E-state index in [4.69, 9.17) is 23.2 Å². The number of benzene rings is 2. The van der Waals surface area contributed by atoms with Crippen molar-refractivity contribution in [3.8, 4) is 11.8 Å². The Hall–Kier alpha value is -1.54. The number of nitriles is 1. The minimum atomic E-state index is 0.240. The maximum absolute atomic E-state index is 9.32. The van der Waals surface area contributed by atoms with Crippen molar-refractivity contribution in [1.29, 1.82) is 5.26 Å². The van der Waals surface area contributed by atoms with E-state index in [1.165, 1.54) is 0 Å². The molecule has 0 aliphatic heterocycles. The van der Waals surface area contributed by atoms with E-state index in [0.717, 1.165) is 15.5 Å². The van der Waals surface area contributed by atoms with E-state index in [1.807, 2.05) is 22.8 Å². The molecule has 2 aromatic carbocycles. The summed E-state index contributed by atoms with van der Waals surface area (Å²) in [7, 11) is 0. The van der Waals surface area contributed by atoms with Crippen LogP contribution in [0.3, 0.4) is 0 Å². The zero-order chi connectivity index (χ0) is 15.0. The Morgan fingerprint density at radius 3 is 2.76 bits per heavy atom. The highest BCUT2D eigenvalue weighted by Crippen LogP contribution is 2.28. The molecule has 1 aromatic heterocycles. The maximum Gasteiger partial charge on any atom is 0.129 e. The van der Waals surface area contributed by atoms with Crippen molar-refractivity contribution >= 4 is 50.2 Å². The zero-order valence-corrected chi connectivity index (χ0v) is 13.7. The van der Waals surface area contributed by atoms with Gasteiger partial charge in [0.05, 0.1) is 28.2 Å². The van der Waals surface area contributed by atoms with Gasteiger partial charge in [0, 0.05) is 9.50 Å². The van der Waals surface area contributed by atoms with E-state index in [1.54, 1.807) is 18.2 Å². The van der Waals surface area contributed by atoms with Crippen molar-refractivity contribution in [1.82, 2.24) is 9.55 Å². The average Bonchev–Trinajstić information content (AvgIpc) is 2.84. The van der Waals surface area contributed by atoms with Gasteiger partial charge in [-0.05, 0) is 36.4 Å². The van der Waals surface area contributed by atoms with Crippen LogP contribution >= 0.6 is 39.1 Å². The maximum atomic E-state index is 9.32. The van der Waals surface area contributed by atoms with Crippen LogP contribution in [0, 0.1) is 11.3 Å². The molecule has 0 saturated heterocycles. The van der Waals surface area contributed by atoms with E-state index in [2.05, 4.69) is 27.0 Å². The summed E-state index contributed by atoms with van der Waals surface area (Å²) in [5, 5.41) is 9.88. The van der Waals surface area contributed by atoms with Crippen molar-refractivity contribution in [3.05, 3.63) is 57.3 Å². The van der Waals surface area contributed by atoms with Crippen LogP contribution in [0.1, 0.15) is 11.4 Å². The molecule has 0 amide bonds. The van der Waals surface area contributed by atoms with Gasteiger partial charge in [0.1, 0.15) is 11.9 Å². The van der Waals surface area contributed by atoms with Gasteiger partial charge in [0.15, 0.2) is 0 Å². The molecule has 0 atom stereocenters. The zero-order valence-electron chi connectivity index (χ0n) is 10.6. The molecule has 3 nitrogen and oxygen atoms in total. The Balaban J connectivity index is 2.39. The molecule has 3 rings (SSSR count). The molecule has 0 unspecified atom stereocenters. The minimum Gasteiger partial charge on any atom is -0.294 e. The molecule has 1 heterocycles. The third-order valence-electron chi connectivity index (χ3n) is 3.13. The standard InChI is InChI=1S/C15H8BrCl2N3/c16-10-2-4-13-12(5-10)20-15(7-17)21(13)14-6-11(18)3-1-9(14)8-19/h1-6H,7H2. The lowest BCUT2D eigenvalue weighted by molar-refractivity contribution is 0.978. The molecule has 0 aliphatic rings. The topological polar surface area (TPSA) is 41.6 Å². The lowest BCUT2D eigenvalue weighted by Gasteiger charge is -2.10. The lowest BCUT2D eigenvalue weighted by Crippen LogP contribution is -2.02. The third kappa shape index (κ3) is 2.53. The van der Waals surface area contributed by atoms with Crippen LogP contribution in [0.25, 0.3) is 16.7 Å². The fourth-order valence-corrected chi connectivity index (χ4v) is 2.94. The van der Waals surface area contributed by atoms with Gasteiger partial charge in [0.2, 0.25) is 0 Å². The Labute approximate surface area is 139 Å². The van der Waals surface area contributed by atoms with Crippen LogP contribution in [0.15, 0.2) is 40.9 Å². The largest absolute Gasteiger partial charge is 0.294 e. The summed E-state index contributed by atoms with van der Waals surface area (Å²) in [6, 6.07) is 13.1. The SMILES string of the molecule is N#Cc1ccc(Cl)cc1-n1c(CCl)nc2cc(Br)ccc21. The number of alkyl halides is 1. The number of fused-ring (bicyclic) bond motifs is 1. The Bertz CT molecular complexity index is 880. The fourth-order valence-electron chi connectivity index (χ4n) is 2.25. The predicted molar refractivity (Wildman–Crippen MR) is 88.1 cm³/mol. The molecule has 0 N–H and O–H groups in total. The van der Waals surface area contributed by atoms with Crippen LogP contribution < -0.4 is 0 Å². The van der Waals surface area contributed by atoms with Crippen LogP contribution in [-0.4, -0.2) is 9.55 Å². The number of aromatic nitrogens is 2. The Morgan fingerprint density at radius 1 is 1.24 bits per heavy atom. The molecule has 0 spiro atoms. The molecule has 0 fully saturated rings.